The molecule has 0 bridgehead atoms. The van der Waals surface area contributed by atoms with Gasteiger partial charge in [-0.05, 0) is 6.92 Å². The molecular formula is C8H14F2O5. The summed E-state index contributed by atoms with van der Waals surface area (Å²) in [5, 5.41) is 36.9. The highest BCUT2D eigenvalue weighted by atomic mass is 19.3. The Hall–Kier alpha value is -0.340. The summed E-state index contributed by atoms with van der Waals surface area (Å²) in [5.41, 5.74) is -2.81. The van der Waals surface area contributed by atoms with Gasteiger partial charge in [0.15, 0.2) is 5.60 Å². The topological polar surface area (TPSA) is 90.2 Å². The second kappa shape index (κ2) is 4.26. The fourth-order valence-electron chi connectivity index (χ4n) is 1.63. The molecule has 0 aliphatic carbocycles. The smallest absolute Gasteiger partial charge is 0.272 e. The average Bonchev–Trinajstić information content (AvgIpc) is 2.20. The van der Waals surface area contributed by atoms with Crippen molar-refractivity contribution >= 4 is 0 Å². The van der Waals surface area contributed by atoms with Crippen molar-refractivity contribution in [3.05, 3.63) is 0 Å². The zero-order valence-electron chi connectivity index (χ0n) is 8.05. The van der Waals surface area contributed by atoms with Crippen LogP contribution in [0.3, 0.4) is 0 Å². The first-order valence-corrected chi connectivity index (χ1v) is 4.48. The van der Waals surface area contributed by atoms with E-state index in [1.54, 1.807) is 0 Å². The molecule has 1 aliphatic heterocycles. The Bertz CT molecular complexity index is 227. The molecule has 4 N–H and O–H groups in total. The number of rotatable bonds is 2. The number of ether oxygens (including phenoxy) is 1. The van der Waals surface area contributed by atoms with Gasteiger partial charge in [0.1, 0.15) is 18.3 Å². The zero-order chi connectivity index (χ0) is 11.8. The molecule has 90 valence electrons. The highest BCUT2D eigenvalue weighted by molar-refractivity contribution is 5.03. The van der Waals surface area contributed by atoms with E-state index in [2.05, 4.69) is 0 Å². The minimum Gasteiger partial charge on any atom is -0.394 e. The number of hydrogen-bond donors (Lipinski definition) is 4. The Morgan fingerprint density at radius 2 is 1.93 bits per heavy atom. The standard InChI is InChI=1S/C8H14F2O5/c1-3-8(14,7(9)10)6(13)5(12)4(2-11)15-3/h3-7,11-14H,2H2,1H3. The predicted molar refractivity (Wildman–Crippen MR) is 44.4 cm³/mol. The predicted octanol–water partition coefficient (Wildman–Crippen LogP) is -1.52. The Labute approximate surface area is 84.9 Å². The molecular weight excluding hydrogens is 214 g/mol. The van der Waals surface area contributed by atoms with E-state index in [-0.39, 0.29) is 0 Å². The van der Waals surface area contributed by atoms with Crippen LogP contribution in [-0.2, 0) is 4.74 Å². The first kappa shape index (κ1) is 12.7. The molecule has 5 unspecified atom stereocenters. The second-order valence-corrected chi connectivity index (χ2v) is 3.62. The van der Waals surface area contributed by atoms with Gasteiger partial charge in [-0.25, -0.2) is 8.78 Å². The van der Waals surface area contributed by atoms with E-state index in [9.17, 15) is 24.1 Å². The van der Waals surface area contributed by atoms with E-state index in [1.807, 2.05) is 0 Å². The SMILES string of the molecule is CC1OC(CO)C(O)C(O)C1(O)C(F)F. The number of aliphatic hydroxyl groups is 4. The highest BCUT2D eigenvalue weighted by Gasteiger charge is 2.58. The Morgan fingerprint density at radius 1 is 1.40 bits per heavy atom. The van der Waals surface area contributed by atoms with Gasteiger partial charge in [-0.2, -0.15) is 0 Å². The maximum absolute atomic E-state index is 12.5. The monoisotopic (exact) mass is 228 g/mol. The lowest BCUT2D eigenvalue weighted by molar-refractivity contribution is -0.301. The molecule has 0 aromatic rings. The van der Waals surface area contributed by atoms with Crippen LogP contribution < -0.4 is 0 Å². The number of hydrogen-bond acceptors (Lipinski definition) is 5. The fourth-order valence-corrected chi connectivity index (χ4v) is 1.63. The van der Waals surface area contributed by atoms with Crippen molar-refractivity contribution in [1.82, 2.24) is 0 Å². The van der Waals surface area contributed by atoms with Crippen LogP contribution in [0.2, 0.25) is 0 Å². The molecule has 0 radical (unpaired) electrons. The van der Waals surface area contributed by atoms with Gasteiger partial charge in [-0.15, -0.1) is 0 Å². The van der Waals surface area contributed by atoms with Crippen LogP contribution in [0.25, 0.3) is 0 Å². The van der Waals surface area contributed by atoms with E-state index in [0.29, 0.717) is 0 Å². The first-order chi connectivity index (χ1) is 6.85. The third kappa shape index (κ3) is 1.85. The molecule has 1 fully saturated rings. The van der Waals surface area contributed by atoms with Crippen LogP contribution in [0.4, 0.5) is 8.78 Å². The largest absolute Gasteiger partial charge is 0.394 e. The molecule has 0 amide bonds. The van der Waals surface area contributed by atoms with Gasteiger partial charge in [0.25, 0.3) is 6.43 Å². The zero-order valence-corrected chi connectivity index (χ0v) is 8.05. The highest BCUT2D eigenvalue weighted by Crippen LogP contribution is 2.34. The number of halogens is 2. The van der Waals surface area contributed by atoms with Gasteiger partial charge in [-0.1, -0.05) is 0 Å². The maximum Gasteiger partial charge on any atom is 0.272 e. The van der Waals surface area contributed by atoms with Crippen molar-refractivity contribution in [2.75, 3.05) is 6.61 Å². The van der Waals surface area contributed by atoms with Crippen LogP contribution in [0.1, 0.15) is 6.92 Å². The van der Waals surface area contributed by atoms with Gasteiger partial charge < -0.3 is 25.2 Å². The first-order valence-electron chi connectivity index (χ1n) is 4.48. The van der Waals surface area contributed by atoms with Gasteiger partial charge >= 0.3 is 0 Å². The molecule has 1 rings (SSSR count). The Kier molecular flexibility index (Phi) is 3.62. The van der Waals surface area contributed by atoms with Crippen LogP contribution in [0.5, 0.6) is 0 Å². The quantitative estimate of drug-likeness (QED) is 0.461. The molecule has 15 heavy (non-hydrogen) atoms. The van der Waals surface area contributed by atoms with Crippen LogP contribution in [0.15, 0.2) is 0 Å². The lowest BCUT2D eigenvalue weighted by Crippen LogP contribution is -2.68. The number of aliphatic hydroxyl groups excluding tert-OH is 3. The van der Waals surface area contributed by atoms with Gasteiger partial charge in [0.05, 0.1) is 12.7 Å². The van der Waals surface area contributed by atoms with Gasteiger partial charge in [-0.3, -0.25) is 0 Å². The molecule has 0 spiro atoms. The molecule has 0 saturated carbocycles. The third-order valence-electron chi connectivity index (χ3n) is 2.74. The summed E-state index contributed by atoms with van der Waals surface area (Å²) in [7, 11) is 0. The van der Waals surface area contributed by atoms with Crippen molar-refractivity contribution < 1.29 is 33.9 Å². The maximum atomic E-state index is 12.5. The molecule has 1 saturated heterocycles. The third-order valence-corrected chi connectivity index (χ3v) is 2.74. The van der Waals surface area contributed by atoms with E-state index in [1.165, 1.54) is 0 Å². The summed E-state index contributed by atoms with van der Waals surface area (Å²) in [5.74, 6) is 0. The summed E-state index contributed by atoms with van der Waals surface area (Å²) >= 11 is 0. The Morgan fingerprint density at radius 3 is 2.33 bits per heavy atom. The second-order valence-electron chi connectivity index (χ2n) is 3.62. The van der Waals surface area contributed by atoms with E-state index in [4.69, 9.17) is 9.84 Å². The van der Waals surface area contributed by atoms with E-state index in [0.717, 1.165) is 6.92 Å². The van der Waals surface area contributed by atoms with Crippen molar-refractivity contribution in [3.8, 4) is 0 Å². The van der Waals surface area contributed by atoms with Gasteiger partial charge in [0, 0.05) is 0 Å². The molecule has 5 nitrogen and oxygen atoms in total. The summed E-state index contributed by atoms with van der Waals surface area (Å²) in [4.78, 5) is 0. The minimum absolute atomic E-state index is 0.623. The molecule has 5 atom stereocenters. The summed E-state index contributed by atoms with van der Waals surface area (Å²) in [6.45, 7) is 0.520. The number of alkyl halides is 2. The fraction of sp³-hybridized carbons (Fsp3) is 1.00. The molecule has 7 heteroatoms. The van der Waals surface area contributed by atoms with Crippen LogP contribution >= 0.6 is 0 Å². The van der Waals surface area contributed by atoms with E-state index < -0.39 is 43.0 Å². The van der Waals surface area contributed by atoms with Crippen molar-refractivity contribution in [2.24, 2.45) is 0 Å². The summed E-state index contributed by atoms with van der Waals surface area (Å²) in [6, 6.07) is 0. The summed E-state index contributed by atoms with van der Waals surface area (Å²) in [6.07, 6.45) is -9.61. The van der Waals surface area contributed by atoms with Crippen molar-refractivity contribution in [1.29, 1.82) is 0 Å². The molecule has 1 aliphatic rings. The summed E-state index contributed by atoms with van der Waals surface area (Å²) < 4.78 is 29.9. The lowest BCUT2D eigenvalue weighted by Gasteiger charge is -2.46. The van der Waals surface area contributed by atoms with Crippen LogP contribution in [0, 0.1) is 0 Å². The average molecular weight is 228 g/mol. The molecule has 0 aromatic heterocycles. The van der Waals surface area contributed by atoms with Crippen molar-refractivity contribution in [3.63, 3.8) is 0 Å². The normalized spacial score (nSPS) is 47.2. The molecule has 1 heterocycles. The lowest BCUT2D eigenvalue weighted by atomic mass is 9.83. The van der Waals surface area contributed by atoms with Crippen molar-refractivity contribution in [2.45, 2.75) is 43.4 Å². The van der Waals surface area contributed by atoms with Crippen LogP contribution in [-0.4, -0.2) is 63.5 Å². The Balaban J connectivity index is 2.93. The minimum atomic E-state index is -3.25. The van der Waals surface area contributed by atoms with Gasteiger partial charge in [0.2, 0.25) is 0 Å². The molecule has 0 aromatic carbocycles. The van der Waals surface area contributed by atoms with E-state index >= 15 is 0 Å².